The number of hydrogen-bond donors (Lipinski definition) is 2. The summed E-state index contributed by atoms with van der Waals surface area (Å²) >= 11 is 0. The van der Waals surface area contributed by atoms with Crippen molar-refractivity contribution in [2.45, 2.75) is 6.36 Å². The molecule has 4 N–H and O–H groups in total. The molecule has 0 fully saturated rings. The molecule has 0 heterocycles. The molecular weight excluding hydrogens is 237 g/mol. The lowest BCUT2D eigenvalue weighted by Gasteiger charge is -2.10. The second-order valence-electron chi connectivity index (χ2n) is 2.91. The number of anilines is 1. The van der Waals surface area contributed by atoms with E-state index in [9.17, 15) is 18.0 Å². The van der Waals surface area contributed by atoms with E-state index in [4.69, 9.17) is 11.5 Å². The van der Waals surface area contributed by atoms with Gasteiger partial charge in [-0.2, -0.15) is 0 Å². The first-order chi connectivity index (χ1) is 7.78. The van der Waals surface area contributed by atoms with Gasteiger partial charge in [-0.1, -0.05) is 5.92 Å². The maximum atomic E-state index is 11.9. The molecule has 0 aromatic heterocycles. The number of hydrogen-bond acceptors (Lipinski definition) is 3. The standard InChI is InChI=1S/C10H7F3N2O2/c11-10(12,13)17-8-3-1-6(5-7(8)14)2-4-9(15)16/h1,3,5H,14H2,(H2,15,16). The second kappa shape index (κ2) is 4.65. The van der Waals surface area contributed by atoms with Crippen LogP contribution in [0.3, 0.4) is 0 Å². The highest BCUT2D eigenvalue weighted by Crippen LogP contribution is 2.28. The third-order valence-electron chi connectivity index (χ3n) is 1.57. The first kappa shape index (κ1) is 12.7. The number of rotatable bonds is 1. The first-order valence-electron chi connectivity index (χ1n) is 4.24. The number of ether oxygens (including phenoxy) is 1. The molecule has 0 radical (unpaired) electrons. The summed E-state index contributed by atoms with van der Waals surface area (Å²) in [5.74, 6) is 2.99. The van der Waals surface area contributed by atoms with Gasteiger partial charge in [-0.25, -0.2) is 0 Å². The Balaban J connectivity index is 2.95. The Hall–Kier alpha value is -2.36. The topological polar surface area (TPSA) is 78.3 Å². The minimum atomic E-state index is -4.81. The van der Waals surface area contributed by atoms with Gasteiger partial charge in [0, 0.05) is 5.56 Å². The van der Waals surface area contributed by atoms with Crippen molar-refractivity contribution in [2.24, 2.45) is 5.73 Å². The summed E-state index contributed by atoms with van der Waals surface area (Å²) in [6.07, 6.45) is -4.81. The van der Waals surface area contributed by atoms with Gasteiger partial charge in [0.05, 0.1) is 5.69 Å². The van der Waals surface area contributed by atoms with Gasteiger partial charge in [-0.3, -0.25) is 4.79 Å². The molecule has 0 aliphatic heterocycles. The van der Waals surface area contributed by atoms with E-state index in [1.807, 2.05) is 5.92 Å². The van der Waals surface area contributed by atoms with E-state index in [0.29, 0.717) is 0 Å². The average Bonchev–Trinajstić information content (AvgIpc) is 2.17. The van der Waals surface area contributed by atoms with Crippen LogP contribution in [-0.2, 0) is 4.79 Å². The molecule has 0 aliphatic rings. The van der Waals surface area contributed by atoms with Crippen molar-refractivity contribution in [3.63, 3.8) is 0 Å². The predicted octanol–water partition coefficient (Wildman–Crippen LogP) is 1.00. The van der Waals surface area contributed by atoms with E-state index in [2.05, 4.69) is 10.7 Å². The number of carbonyl (C=O) groups is 1. The Bertz CT molecular complexity index is 500. The molecule has 1 rings (SSSR count). The van der Waals surface area contributed by atoms with Crippen LogP contribution in [0.5, 0.6) is 5.75 Å². The average molecular weight is 244 g/mol. The van der Waals surface area contributed by atoms with Gasteiger partial charge in [0.25, 0.3) is 5.91 Å². The molecule has 90 valence electrons. The van der Waals surface area contributed by atoms with Crippen LogP contribution in [0.15, 0.2) is 18.2 Å². The molecule has 0 bridgehead atoms. The van der Waals surface area contributed by atoms with Crippen LogP contribution in [0.1, 0.15) is 5.56 Å². The molecular formula is C10H7F3N2O2. The molecule has 1 amide bonds. The van der Waals surface area contributed by atoms with Crippen LogP contribution in [0.2, 0.25) is 0 Å². The molecule has 0 aliphatic carbocycles. The summed E-state index contributed by atoms with van der Waals surface area (Å²) in [5.41, 5.74) is 10.1. The van der Waals surface area contributed by atoms with E-state index < -0.39 is 18.0 Å². The smallest absolute Gasteiger partial charge is 0.404 e. The number of nitrogens with two attached hydrogens (primary N) is 2. The van der Waals surface area contributed by atoms with E-state index in [1.54, 1.807) is 0 Å². The van der Waals surface area contributed by atoms with E-state index in [1.165, 1.54) is 6.07 Å². The predicted molar refractivity (Wildman–Crippen MR) is 53.6 cm³/mol. The Morgan fingerprint density at radius 1 is 1.35 bits per heavy atom. The van der Waals surface area contributed by atoms with Crippen molar-refractivity contribution in [1.29, 1.82) is 0 Å². The molecule has 1 aromatic rings. The van der Waals surface area contributed by atoms with Crippen LogP contribution in [0.4, 0.5) is 18.9 Å². The van der Waals surface area contributed by atoms with E-state index in [-0.39, 0.29) is 11.3 Å². The van der Waals surface area contributed by atoms with Gasteiger partial charge in [-0.15, -0.1) is 13.2 Å². The Kier molecular flexibility index (Phi) is 3.48. The highest BCUT2D eigenvalue weighted by Gasteiger charge is 2.31. The number of alkyl halides is 3. The minimum absolute atomic E-state index is 0.237. The molecule has 17 heavy (non-hydrogen) atoms. The van der Waals surface area contributed by atoms with Crippen molar-refractivity contribution in [1.82, 2.24) is 0 Å². The summed E-state index contributed by atoms with van der Waals surface area (Å²) in [5, 5.41) is 0. The lowest BCUT2D eigenvalue weighted by molar-refractivity contribution is -0.274. The number of benzene rings is 1. The molecule has 4 nitrogen and oxygen atoms in total. The zero-order valence-corrected chi connectivity index (χ0v) is 8.34. The fourth-order valence-corrected chi connectivity index (χ4v) is 0.978. The molecule has 0 atom stereocenters. The third-order valence-corrected chi connectivity index (χ3v) is 1.57. The number of amides is 1. The summed E-state index contributed by atoms with van der Waals surface area (Å²) < 4.78 is 39.4. The number of carbonyl (C=O) groups excluding carboxylic acids is 1. The lowest BCUT2D eigenvalue weighted by Crippen LogP contribution is -2.18. The maximum Gasteiger partial charge on any atom is 0.573 e. The zero-order valence-electron chi connectivity index (χ0n) is 8.34. The van der Waals surface area contributed by atoms with E-state index in [0.717, 1.165) is 12.1 Å². The van der Waals surface area contributed by atoms with Crippen molar-refractivity contribution in [2.75, 3.05) is 5.73 Å². The van der Waals surface area contributed by atoms with Crippen LogP contribution in [0, 0.1) is 11.8 Å². The quantitative estimate of drug-likeness (QED) is 0.571. The third kappa shape index (κ3) is 4.34. The summed E-state index contributed by atoms with van der Waals surface area (Å²) in [6.45, 7) is 0. The van der Waals surface area contributed by atoms with Crippen LogP contribution in [-0.4, -0.2) is 12.3 Å². The molecule has 0 saturated carbocycles. The Morgan fingerprint density at radius 2 is 2.00 bits per heavy atom. The SMILES string of the molecule is NC(=O)C#Cc1ccc(OC(F)(F)F)c(N)c1. The van der Waals surface area contributed by atoms with Crippen LogP contribution in [0.25, 0.3) is 0 Å². The van der Waals surface area contributed by atoms with Crippen molar-refractivity contribution in [3.05, 3.63) is 23.8 Å². The second-order valence-corrected chi connectivity index (χ2v) is 2.91. The van der Waals surface area contributed by atoms with Crippen molar-refractivity contribution in [3.8, 4) is 17.6 Å². The largest absolute Gasteiger partial charge is 0.573 e. The highest BCUT2D eigenvalue weighted by atomic mass is 19.4. The van der Waals surface area contributed by atoms with Gasteiger partial charge < -0.3 is 16.2 Å². The van der Waals surface area contributed by atoms with Crippen LogP contribution < -0.4 is 16.2 Å². The molecule has 0 unspecified atom stereocenters. The van der Waals surface area contributed by atoms with E-state index >= 15 is 0 Å². The van der Waals surface area contributed by atoms with Gasteiger partial charge in [0.15, 0.2) is 5.75 Å². The van der Waals surface area contributed by atoms with Crippen molar-refractivity contribution >= 4 is 11.6 Å². The van der Waals surface area contributed by atoms with Crippen LogP contribution >= 0.6 is 0 Å². The monoisotopic (exact) mass is 244 g/mol. The number of halogens is 3. The number of primary amides is 1. The highest BCUT2D eigenvalue weighted by molar-refractivity contribution is 5.92. The fourth-order valence-electron chi connectivity index (χ4n) is 0.978. The Morgan fingerprint density at radius 3 is 2.47 bits per heavy atom. The summed E-state index contributed by atoms with van der Waals surface area (Å²) in [6, 6.07) is 3.39. The Labute approximate surface area is 94.3 Å². The zero-order chi connectivity index (χ0) is 13.1. The lowest BCUT2D eigenvalue weighted by atomic mass is 10.2. The fraction of sp³-hybridized carbons (Fsp3) is 0.100. The summed E-state index contributed by atoms with van der Waals surface area (Å²) in [7, 11) is 0. The molecule has 0 spiro atoms. The van der Waals surface area contributed by atoms with Gasteiger partial charge in [0.2, 0.25) is 0 Å². The maximum absolute atomic E-state index is 11.9. The van der Waals surface area contributed by atoms with Gasteiger partial charge in [0.1, 0.15) is 0 Å². The normalized spacial score (nSPS) is 10.3. The molecule has 0 saturated heterocycles. The van der Waals surface area contributed by atoms with Gasteiger partial charge >= 0.3 is 6.36 Å². The van der Waals surface area contributed by atoms with Crippen molar-refractivity contribution < 1.29 is 22.7 Å². The molecule has 1 aromatic carbocycles. The number of nitrogen functional groups attached to an aromatic ring is 1. The van der Waals surface area contributed by atoms with Gasteiger partial charge in [-0.05, 0) is 24.1 Å². The first-order valence-corrected chi connectivity index (χ1v) is 4.24. The minimum Gasteiger partial charge on any atom is -0.404 e. The molecule has 7 heteroatoms. The summed E-state index contributed by atoms with van der Waals surface area (Å²) in [4.78, 5) is 10.4.